The number of rotatable bonds is 6. The molecule has 1 heteroatoms. The van der Waals surface area contributed by atoms with Gasteiger partial charge in [-0.05, 0) is 101 Å². The summed E-state index contributed by atoms with van der Waals surface area (Å²) in [5.74, 6) is 2.64. The van der Waals surface area contributed by atoms with Gasteiger partial charge in [-0.25, -0.2) is 0 Å². The molecule has 0 aromatic heterocycles. The number of hydrogen-bond acceptors (Lipinski definition) is 1. The van der Waals surface area contributed by atoms with Crippen LogP contribution in [0.15, 0.2) is 133 Å². The molecule has 5 aromatic carbocycles. The van der Waals surface area contributed by atoms with Crippen LogP contribution in [0, 0.1) is 11.8 Å². The van der Waals surface area contributed by atoms with Crippen LogP contribution in [0.25, 0.3) is 22.3 Å². The summed E-state index contributed by atoms with van der Waals surface area (Å²) in [4.78, 5) is 2.37. The normalized spacial score (nSPS) is 19.9. The van der Waals surface area contributed by atoms with E-state index in [2.05, 4.69) is 138 Å². The standard InChI is InChI=1S/C37H33N/c1-3-7-28(8-4-1)29-13-15-30(16-14-29)31-17-21-35(22-18-31)38(34-9-5-2-6-10-34)36-23-19-32(20-24-36)37-26-27-11-12-33(37)25-27/h1-10,13-24,27,33,37H,11-12,25-26H2. The Morgan fingerprint density at radius 2 is 0.895 bits per heavy atom. The molecule has 2 fully saturated rings. The fourth-order valence-electron chi connectivity index (χ4n) is 6.84. The van der Waals surface area contributed by atoms with Crippen LogP contribution in [0.5, 0.6) is 0 Å². The first-order valence-electron chi connectivity index (χ1n) is 14.0. The van der Waals surface area contributed by atoms with Crippen molar-refractivity contribution in [1.82, 2.24) is 0 Å². The van der Waals surface area contributed by atoms with Gasteiger partial charge in [-0.1, -0.05) is 103 Å². The molecule has 2 saturated carbocycles. The Kier molecular flexibility index (Phi) is 6.06. The lowest BCUT2D eigenvalue weighted by Gasteiger charge is -2.27. The summed E-state index contributed by atoms with van der Waals surface area (Å²) in [6.07, 6.45) is 5.72. The fraction of sp³-hybridized carbons (Fsp3) is 0.189. The highest BCUT2D eigenvalue weighted by Gasteiger charge is 2.40. The van der Waals surface area contributed by atoms with Crippen LogP contribution in [0.1, 0.15) is 37.2 Å². The molecule has 1 nitrogen and oxygen atoms in total. The summed E-state index contributed by atoms with van der Waals surface area (Å²) in [5, 5.41) is 0. The van der Waals surface area contributed by atoms with Crippen molar-refractivity contribution in [2.75, 3.05) is 4.90 Å². The zero-order chi connectivity index (χ0) is 25.3. The van der Waals surface area contributed by atoms with E-state index in [0.717, 1.165) is 17.8 Å². The summed E-state index contributed by atoms with van der Waals surface area (Å²) >= 11 is 0. The Morgan fingerprint density at radius 3 is 1.42 bits per heavy atom. The topological polar surface area (TPSA) is 3.24 Å². The van der Waals surface area contributed by atoms with E-state index in [1.54, 1.807) is 0 Å². The van der Waals surface area contributed by atoms with Gasteiger partial charge in [0.05, 0.1) is 0 Å². The van der Waals surface area contributed by atoms with Gasteiger partial charge in [0.15, 0.2) is 0 Å². The van der Waals surface area contributed by atoms with Crippen LogP contribution >= 0.6 is 0 Å². The molecule has 2 bridgehead atoms. The van der Waals surface area contributed by atoms with E-state index in [0.29, 0.717) is 0 Å². The van der Waals surface area contributed by atoms with Crippen LogP contribution in [0.3, 0.4) is 0 Å². The average Bonchev–Trinajstić information content (AvgIpc) is 3.64. The summed E-state index contributed by atoms with van der Waals surface area (Å²) in [6, 6.07) is 48.6. The lowest BCUT2D eigenvalue weighted by Crippen LogP contribution is -2.11. The van der Waals surface area contributed by atoms with Gasteiger partial charge in [-0.2, -0.15) is 0 Å². The molecule has 7 rings (SSSR count). The second-order valence-electron chi connectivity index (χ2n) is 11.0. The maximum Gasteiger partial charge on any atom is 0.0462 e. The molecule has 0 spiro atoms. The fourth-order valence-corrected chi connectivity index (χ4v) is 6.84. The first kappa shape index (κ1) is 23.0. The van der Waals surface area contributed by atoms with E-state index < -0.39 is 0 Å². The molecule has 0 radical (unpaired) electrons. The lowest BCUT2D eigenvalue weighted by atomic mass is 9.83. The smallest absolute Gasteiger partial charge is 0.0462 e. The Labute approximate surface area is 226 Å². The number of fused-ring (bicyclic) bond motifs is 2. The minimum absolute atomic E-state index is 0.764. The number of nitrogens with zero attached hydrogens (tertiary/aromatic N) is 1. The third-order valence-corrected chi connectivity index (χ3v) is 8.78. The number of benzene rings is 5. The van der Waals surface area contributed by atoms with Gasteiger partial charge < -0.3 is 4.90 Å². The molecule has 0 amide bonds. The summed E-state index contributed by atoms with van der Waals surface area (Å²) in [6.45, 7) is 0. The second kappa shape index (κ2) is 9.99. The van der Waals surface area contributed by atoms with Crippen molar-refractivity contribution >= 4 is 17.1 Å². The van der Waals surface area contributed by atoms with Crippen LogP contribution in [-0.4, -0.2) is 0 Å². The number of anilines is 3. The molecule has 0 N–H and O–H groups in total. The summed E-state index contributed by atoms with van der Waals surface area (Å²) in [5.41, 5.74) is 10.1. The Hall–Kier alpha value is -4.10. The van der Waals surface area contributed by atoms with Crippen molar-refractivity contribution in [3.05, 3.63) is 139 Å². The highest BCUT2D eigenvalue weighted by atomic mass is 15.1. The second-order valence-corrected chi connectivity index (χ2v) is 11.0. The minimum Gasteiger partial charge on any atom is -0.311 e. The zero-order valence-electron chi connectivity index (χ0n) is 21.7. The maximum atomic E-state index is 2.39. The van der Waals surface area contributed by atoms with E-state index in [4.69, 9.17) is 0 Å². The largest absolute Gasteiger partial charge is 0.311 e. The van der Waals surface area contributed by atoms with Gasteiger partial charge in [-0.15, -0.1) is 0 Å². The number of para-hydroxylation sites is 1. The van der Waals surface area contributed by atoms with E-state index >= 15 is 0 Å². The Bertz CT molecular complexity index is 1490. The summed E-state index contributed by atoms with van der Waals surface area (Å²) in [7, 11) is 0. The Balaban J connectivity index is 1.17. The number of hydrogen-bond donors (Lipinski definition) is 0. The van der Waals surface area contributed by atoms with Crippen molar-refractivity contribution in [3.63, 3.8) is 0 Å². The predicted molar refractivity (Wildman–Crippen MR) is 160 cm³/mol. The third-order valence-electron chi connectivity index (χ3n) is 8.78. The van der Waals surface area contributed by atoms with Gasteiger partial charge in [0.2, 0.25) is 0 Å². The molecule has 3 atom stereocenters. The average molecular weight is 492 g/mol. The molecule has 3 unspecified atom stereocenters. The third kappa shape index (κ3) is 4.43. The van der Waals surface area contributed by atoms with Crippen molar-refractivity contribution < 1.29 is 0 Å². The quantitative estimate of drug-likeness (QED) is 0.228. The monoisotopic (exact) mass is 491 g/mol. The van der Waals surface area contributed by atoms with Gasteiger partial charge in [-0.3, -0.25) is 0 Å². The van der Waals surface area contributed by atoms with Crippen LogP contribution < -0.4 is 4.90 Å². The van der Waals surface area contributed by atoms with Gasteiger partial charge in [0.1, 0.15) is 0 Å². The molecule has 186 valence electrons. The molecule has 0 heterocycles. The zero-order valence-corrected chi connectivity index (χ0v) is 21.7. The molecule has 38 heavy (non-hydrogen) atoms. The molecule has 2 aliphatic rings. The SMILES string of the molecule is c1ccc(-c2ccc(-c3ccc(N(c4ccccc4)c4ccc(C5CC6CCC5C6)cc4)cc3)cc2)cc1. The van der Waals surface area contributed by atoms with E-state index in [1.165, 1.54) is 70.6 Å². The molecular formula is C37H33N. The van der Waals surface area contributed by atoms with Crippen molar-refractivity contribution in [2.24, 2.45) is 11.8 Å². The molecule has 5 aromatic rings. The molecule has 0 saturated heterocycles. The predicted octanol–water partition coefficient (Wildman–Crippen LogP) is 10.4. The molecule has 2 aliphatic carbocycles. The van der Waals surface area contributed by atoms with E-state index in [-0.39, 0.29) is 0 Å². The lowest BCUT2D eigenvalue weighted by molar-refractivity contribution is 0.420. The van der Waals surface area contributed by atoms with Crippen molar-refractivity contribution in [2.45, 2.75) is 31.6 Å². The first-order chi connectivity index (χ1) is 18.8. The van der Waals surface area contributed by atoms with Gasteiger partial charge in [0, 0.05) is 17.1 Å². The minimum atomic E-state index is 0.764. The van der Waals surface area contributed by atoms with Crippen molar-refractivity contribution in [1.29, 1.82) is 0 Å². The highest BCUT2D eigenvalue weighted by molar-refractivity contribution is 5.79. The van der Waals surface area contributed by atoms with Crippen LogP contribution in [-0.2, 0) is 0 Å². The van der Waals surface area contributed by atoms with Crippen LogP contribution in [0.4, 0.5) is 17.1 Å². The van der Waals surface area contributed by atoms with E-state index in [9.17, 15) is 0 Å². The summed E-state index contributed by atoms with van der Waals surface area (Å²) < 4.78 is 0. The van der Waals surface area contributed by atoms with Gasteiger partial charge >= 0.3 is 0 Å². The molecule has 0 aliphatic heterocycles. The van der Waals surface area contributed by atoms with E-state index in [1.807, 2.05) is 0 Å². The first-order valence-corrected chi connectivity index (χ1v) is 14.0. The Morgan fingerprint density at radius 1 is 0.421 bits per heavy atom. The highest BCUT2D eigenvalue weighted by Crippen LogP contribution is 2.53. The van der Waals surface area contributed by atoms with Gasteiger partial charge in [0.25, 0.3) is 0 Å². The van der Waals surface area contributed by atoms with Crippen molar-refractivity contribution in [3.8, 4) is 22.3 Å². The van der Waals surface area contributed by atoms with Crippen LogP contribution in [0.2, 0.25) is 0 Å². The maximum absolute atomic E-state index is 2.39. The molecular weight excluding hydrogens is 458 g/mol.